The number of fused-ring (bicyclic) bond motifs is 3. The maximum Gasteiger partial charge on any atom is 0.0381 e. The molecule has 3 aromatic rings. The van der Waals surface area contributed by atoms with E-state index in [0.717, 1.165) is 0 Å². The monoisotopic (exact) mass is 540 g/mol. The smallest absolute Gasteiger partial charge is 0.0381 e. The van der Waals surface area contributed by atoms with Crippen molar-refractivity contribution in [3.63, 3.8) is 0 Å². The Morgan fingerprint density at radius 2 is 1.29 bits per heavy atom. The zero-order valence-electron chi connectivity index (χ0n) is 22.6. The summed E-state index contributed by atoms with van der Waals surface area (Å²) in [6, 6.07) is 28.7. The van der Waals surface area contributed by atoms with Crippen molar-refractivity contribution < 1.29 is 0 Å². The number of hydrogen-bond acceptors (Lipinski definition) is 1. The standard InChI is InChI=1S/C40H28S/c1-2-6-25(7-3-1)26-10-12-27(13-11-26)31-19-14-28-17-22-35-32(20-15-29-16-21-34(31)39(28)40(29)35)30-18-23-38-36(24-30)33-8-4-5-9-37(33)41-38/h1-24,36,38-40H. The van der Waals surface area contributed by atoms with Gasteiger partial charge in [-0.2, -0.15) is 0 Å². The van der Waals surface area contributed by atoms with E-state index in [9.17, 15) is 0 Å². The zero-order chi connectivity index (χ0) is 26.9. The molecule has 0 fully saturated rings. The van der Waals surface area contributed by atoms with Crippen molar-refractivity contribution >= 4 is 17.3 Å². The molecule has 0 saturated carbocycles. The molecule has 0 aromatic heterocycles. The Morgan fingerprint density at radius 3 is 2.20 bits per heavy atom. The quantitative estimate of drug-likeness (QED) is 0.318. The summed E-state index contributed by atoms with van der Waals surface area (Å²) in [7, 11) is 0. The molecular weight excluding hydrogens is 513 g/mol. The van der Waals surface area contributed by atoms with E-state index in [1.807, 2.05) is 11.8 Å². The van der Waals surface area contributed by atoms with E-state index in [1.165, 1.54) is 66.2 Å². The molecule has 1 heteroatoms. The minimum atomic E-state index is 0.354. The predicted molar refractivity (Wildman–Crippen MR) is 172 cm³/mol. The molecule has 0 bridgehead atoms. The zero-order valence-corrected chi connectivity index (χ0v) is 23.4. The second kappa shape index (κ2) is 9.09. The number of hydrogen-bond donors (Lipinski definition) is 0. The average Bonchev–Trinajstić information content (AvgIpc) is 3.42. The normalized spacial score (nSPS) is 26.3. The van der Waals surface area contributed by atoms with Crippen molar-refractivity contribution in [2.45, 2.75) is 16.1 Å². The third kappa shape index (κ3) is 3.62. The van der Waals surface area contributed by atoms with Crippen molar-refractivity contribution in [3.05, 3.63) is 190 Å². The van der Waals surface area contributed by atoms with Gasteiger partial charge in [0.2, 0.25) is 0 Å². The molecule has 3 aromatic carbocycles. The first-order valence-corrected chi connectivity index (χ1v) is 15.5. The molecule has 41 heavy (non-hydrogen) atoms. The van der Waals surface area contributed by atoms with Crippen LogP contribution in [-0.4, -0.2) is 5.25 Å². The van der Waals surface area contributed by atoms with E-state index in [-0.39, 0.29) is 0 Å². The van der Waals surface area contributed by atoms with Gasteiger partial charge in [0.1, 0.15) is 0 Å². The minimum absolute atomic E-state index is 0.354. The van der Waals surface area contributed by atoms with Crippen molar-refractivity contribution in [1.82, 2.24) is 0 Å². The van der Waals surface area contributed by atoms with Crippen LogP contribution in [0, 0.1) is 11.8 Å². The van der Waals surface area contributed by atoms with Gasteiger partial charge in [-0.3, -0.25) is 0 Å². The molecule has 0 N–H and O–H groups in total. The van der Waals surface area contributed by atoms with Gasteiger partial charge in [-0.05, 0) is 67.3 Å². The van der Waals surface area contributed by atoms with Crippen LogP contribution in [0.5, 0.6) is 0 Å². The molecule has 4 atom stereocenters. The summed E-state index contributed by atoms with van der Waals surface area (Å²) < 4.78 is 0. The minimum Gasteiger partial charge on any atom is -0.117 e. The maximum absolute atomic E-state index is 2.53. The van der Waals surface area contributed by atoms with E-state index in [0.29, 0.717) is 23.0 Å². The fourth-order valence-electron chi connectivity index (χ4n) is 7.50. The van der Waals surface area contributed by atoms with Gasteiger partial charge >= 0.3 is 0 Å². The van der Waals surface area contributed by atoms with Crippen molar-refractivity contribution in [2.24, 2.45) is 11.8 Å². The highest BCUT2D eigenvalue weighted by Gasteiger charge is 2.41. The van der Waals surface area contributed by atoms with Gasteiger partial charge in [0, 0.05) is 27.9 Å². The molecule has 1 aliphatic heterocycles. The van der Waals surface area contributed by atoms with Crippen LogP contribution in [-0.2, 0) is 0 Å². The Bertz CT molecular complexity index is 1900. The fraction of sp³-hybridized carbons (Fsp3) is 0.100. The lowest BCUT2D eigenvalue weighted by molar-refractivity contribution is 0.561. The maximum atomic E-state index is 2.53. The first-order chi connectivity index (χ1) is 20.3. The molecule has 6 aliphatic rings. The van der Waals surface area contributed by atoms with Gasteiger partial charge < -0.3 is 0 Å². The Hall–Kier alpha value is -4.33. The number of allylic oxidation sites excluding steroid dienone is 17. The first kappa shape index (κ1) is 23.4. The lowest BCUT2D eigenvalue weighted by Gasteiger charge is -2.42. The molecular formula is C40H28S. The highest BCUT2D eigenvalue weighted by Crippen LogP contribution is 2.55. The highest BCUT2D eigenvalue weighted by molar-refractivity contribution is 8.00. The summed E-state index contributed by atoms with van der Waals surface area (Å²) in [4.78, 5) is 1.43. The summed E-state index contributed by atoms with van der Waals surface area (Å²) in [5, 5.41) is 0.504. The lowest BCUT2D eigenvalue weighted by atomic mass is 9.61. The molecule has 194 valence electrons. The van der Waals surface area contributed by atoms with Crippen molar-refractivity contribution in [2.75, 3.05) is 0 Å². The van der Waals surface area contributed by atoms with Crippen LogP contribution in [0.4, 0.5) is 0 Å². The van der Waals surface area contributed by atoms with E-state index < -0.39 is 0 Å². The molecule has 0 saturated heterocycles. The second-order valence-corrected chi connectivity index (χ2v) is 12.8. The van der Waals surface area contributed by atoms with E-state index >= 15 is 0 Å². The van der Waals surface area contributed by atoms with Crippen LogP contribution in [0.15, 0.2) is 184 Å². The highest BCUT2D eigenvalue weighted by atomic mass is 32.2. The van der Waals surface area contributed by atoms with Gasteiger partial charge in [-0.1, -0.05) is 140 Å². The van der Waals surface area contributed by atoms with Gasteiger partial charge in [0.25, 0.3) is 0 Å². The molecule has 9 rings (SSSR count). The second-order valence-electron chi connectivity index (χ2n) is 11.6. The summed E-state index contributed by atoms with van der Waals surface area (Å²) in [6.07, 6.45) is 26.3. The molecule has 5 aliphatic carbocycles. The van der Waals surface area contributed by atoms with E-state index in [1.54, 1.807) is 0 Å². The lowest BCUT2D eigenvalue weighted by Crippen LogP contribution is -2.30. The van der Waals surface area contributed by atoms with Crippen LogP contribution in [0.25, 0.3) is 16.7 Å². The van der Waals surface area contributed by atoms with Crippen LogP contribution in [0.2, 0.25) is 0 Å². The summed E-state index contributed by atoms with van der Waals surface area (Å²) in [6.45, 7) is 0. The summed E-state index contributed by atoms with van der Waals surface area (Å²) >= 11 is 2.00. The summed E-state index contributed by atoms with van der Waals surface area (Å²) in [5.41, 5.74) is 15.1. The van der Waals surface area contributed by atoms with E-state index in [2.05, 4.69) is 146 Å². The van der Waals surface area contributed by atoms with Gasteiger partial charge in [0.15, 0.2) is 0 Å². The molecule has 0 amide bonds. The average molecular weight is 541 g/mol. The molecule has 4 unspecified atom stereocenters. The topological polar surface area (TPSA) is 0 Å². The van der Waals surface area contributed by atoms with Gasteiger partial charge in [-0.15, -0.1) is 11.8 Å². The van der Waals surface area contributed by atoms with E-state index in [4.69, 9.17) is 0 Å². The first-order valence-electron chi connectivity index (χ1n) is 14.6. The molecule has 1 heterocycles. The summed E-state index contributed by atoms with van der Waals surface area (Å²) in [5.74, 6) is 1.16. The van der Waals surface area contributed by atoms with Crippen molar-refractivity contribution in [1.29, 1.82) is 0 Å². The van der Waals surface area contributed by atoms with Crippen LogP contribution >= 0.6 is 11.8 Å². The van der Waals surface area contributed by atoms with Gasteiger partial charge in [-0.25, -0.2) is 0 Å². The van der Waals surface area contributed by atoms with Crippen LogP contribution in [0.3, 0.4) is 0 Å². The number of benzene rings is 3. The predicted octanol–water partition coefficient (Wildman–Crippen LogP) is 9.97. The van der Waals surface area contributed by atoms with Crippen LogP contribution < -0.4 is 0 Å². The molecule has 0 radical (unpaired) electrons. The Balaban J connectivity index is 1.09. The third-order valence-electron chi connectivity index (χ3n) is 9.47. The van der Waals surface area contributed by atoms with Gasteiger partial charge in [0.05, 0.1) is 0 Å². The fourth-order valence-corrected chi connectivity index (χ4v) is 8.82. The molecule has 0 spiro atoms. The largest absolute Gasteiger partial charge is 0.117 e. The number of thioether (sulfide) groups is 1. The third-order valence-corrected chi connectivity index (χ3v) is 10.8. The SMILES string of the molecule is C1=CC2Sc3ccccc3C2C=C1C1=CC=C2C=CC3=C(c4ccc(-c5ccccc5)cc4)C=CC4=CC=C1C2C43. The Labute approximate surface area is 245 Å². The van der Waals surface area contributed by atoms with Crippen molar-refractivity contribution in [3.8, 4) is 11.1 Å². The Kier molecular flexibility index (Phi) is 5.19. The number of rotatable bonds is 3. The van der Waals surface area contributed by atoms with Crippen LogP contribution in [0.1, 0.15) is 17.0 Å². The Morgan fingerprint density at radius 1 is 0.561 bits per heavy atom. The molecule has 0 nitrogen and oxygen atoms in total.